The molecule has 5 heteroatoms. The van der Waals surface area contributed by atoms with E-state index < -0.39 is 0 Å². The lowest BCUT2D eigenvalue weighted by molar-refractivity contribution is 0.0680. The van der Waals surface area contributed by atoms with Gasteiger partial charge in [-0.3, -0.25) is 4.79 Å². The third kappa shape index (κ3) is 3.78. The minimum Gasteiger partial charge on any atom is -0.335 e. The van der Waals surface area contributed by atoms with Crippen molar-refractivity contribution in [3.63, 3.8) is 0 Å². The van der Waals surface area contributed by atoms with Crippen LogP contribution in [0.25, 0.3) is 0 Å². The Labute approximate surface area is 113 Å². The lowest BCUT2D eigenvalue weighted by Crippen LogP contribution is -2.39. The molecule has 0 spiro atoms. The summed E-state index contributed by atoms with van der Waals surface area (Å²) in [7, 11) is 0. The minimum atomic E-state index is 0.0359. The first-order chi connectivity index (χ1) is 8.63. The van der Waals surface area contributed by atoms with Crippen LogP contribution in [0.5, 0.6) is 0 Å². The minimum absolute atomic E-state index is 0.0359. The Balaban J connectivity index is 2.80. The highest BCUT2D eigenvalue weighted by Gasteiger charge is 2.21. The molecule has 0 aliphatic carbocycles. The third-order valence-corrected chi connectivity index (χ3v) is 3.95. The van der Waals surface area contributed by atoms with Crippen LogP contribution in [0.15, 0.2) is 5.38 Å². The molecule has 0 saturated carbocycles. The Morgan fingerprint density at radius 3 is 2.78 bits per heavy atom. The monoisotopic (exact) mass is 269 g/mol. The zero-order valence-electron chi connectivity index (χ0n) is 11.5. The highest BCUT2D eigenvalue weighted by molar-refractivity contribution is 7.09. The summed E-state index contributed by atoms with van der Waals surface area (Å²) in [6.07, 6.45) is 3.08. The van der Waals surface area contributed by atoms with Gasteiger partial charge in [0, 0.05) is 24.5 Å². The van der Waals surface area contributed by atoms with Crippen molar-refractivity contribution in [3.05, 3.63) is 16.1 Å². The molecule has 0 bridgehead atoms. The van der Waals surface area contributed by atoms with Gasteiger partial charge in [0.2, 0.25) is 0 Å². The van der Waals surface area contributed by atoms with Crippen molar-refractivity contribution in [2.75, 3.05) is 6.54 Å². The van der Waals surface area contributed by atoms with E-state index in [9.17, 15) is 4.79 Å². The van der Waals surface area contributed by atoms with Crippen molar-refractivity contribution in [1.29, 1.82) is 0 Å². The predicted octanol–water partition coefficient (Wildman–Crippen LogP) is 2.64. The molecule has 0 aromatic carbocycles. The number of hydrogen-bond acceptors (Lipinski definition) is 4. The molecule has 18 heavy (non-hydrogen) atoms. The van der Waals surface area contributed by atoms with Crippen molar-refractivity contribution >= 4 is 17.2 Å². The molecule has 102 valence electrons. The van der Waals surface area contributed by atoms with Gasteiger partial charge in [-0.25, -0.2) is 4.98 Å². The summed E-state index contributed by atoms with van der Waals surface area (Å²) >= 11 is 1.45. The molecule has 1 heterocycles. The number of nitrogens with two attached hydrogens (primary N) is 1. The fraction of sp³-hybridized carbons (Fsp3) is 0.692. The topological polar surface area (TPSA) is 59.2 Å². The first-order valence-corrected chi connectivity index (χ1v) is 7.47. The van der Waals surface area contributed by atoms with Gasteiger partial charge in [0.15, 0.2) is 0 Å². The summed E-state index contributed by atoms with van der Waals surface area (Å²) in [5.41, 5.74) is 6.07. The standard InChI is InChI=1S/C13H23N3OS/c1-4-6-7-16(10(3)5-2)13(17)11-9-18-12(8-14)15-11/h9-10H,4-8,14H2,1-3H3. The van der Waals surface area contributed by atoms with Gasteiger partial charge in [0.1, 0.15) is 10.7 Å². The Kier molecular flexibility index (Phi) is 6.29. The fourth-order valence-corrected chi connectivity index (χ4v) is 2.37. The largest absolute Gasteiger partial charge is 0.335 e. The fourth-order valence-electron chi connectivity index (χ4n) is 1.72. The van der Waals surface area contributed by atoms with E-state index in [0.717, 1.165) is 30.8 Å². The van der Waals surface area contributed by atoms with Crippen LogP contribution in [0, 0.1) is 0 Å². The molecule has 1 aromatic heterocycles. The lowest BCUT2D eigenvalue weighted by Gasteiger charge is -2.27. The maximum Gasteiger partial charge on any atom is 0.273 e. The second-order valence-corrected chi connectivity index (χ2v) is 5.38. The predicted molar refractivity (Wildman–Crippen MR) is 75.7 cm³/mol. The van der Waals surface area contributed by atoms with Crippen LogP contribution in [-0.2, 0) is 6.54 Å². The Morgan fingerprint density at radius 1 is 1.56 bits per heavy atom. The van der Waals surface area contributed by atoms with Gasteiger partial charge in [0.25, 0.3) is 5.91 Å². The molecule has 0 fully saturated rings. The molecule has 1 aromatic rings. The van der Waals surface area contributed by atoms with Gasteiger partial charge in [-0.2, -0.15) is 0 Å². The number of carbonyl (C=O) groups is 1. The quantitative estimate of drug-likeness (QED) is 0.828. The molecule has 0 aliphatic heterocycles. The number of unbranched alkanes of at least 4 members (excludes halogenated alkanes) is 1. The van der Waals surface area contributed by atoms with E-state index in [-0.39, 0.29) is 11.9 Å². The average Bonchev–Trinajstić information content (AvgIpc) is 2.87. The lowest BCUT2D eigenvalue weighted by atomic mass is 10.2. The Morgan fingerprint density at radius 2 is 2.28 bits per heavy atom. The van der Waals surface area contributed by atoms with Gasteiger partial charge in [-0.05, 0) is 19.8 Å². The molecular weight excluding hydrogens is 246 g/mol. The van der Waals surface area contributed by atoms with E-state index >= 15 is 0 Å². The molecule has 1 amide bonds. The highest BCUT2D eigenvalue weighted by Crippen LogP contribution is 2.15. The second-order valence-electron chi connectivity index (χ2n) is 4.44. The van der Waals surface area contributed by atoms with Crippen molar-refractivity contribution in [2.24, 2.45) is 5.73 Å². The average molecular weight is 269 g/mol. The summed E-state index contributed by atoms with van der Waals surface area (Å²) in [4.78, 5) is 18.6. The SMILES string of the molecule is CCCCN(C(=O)c1csc(CN)n1)C(C)CC. The van der Waals surface area contributed by atoms with E-state index in [1.165, 1.54) is 11.3 Å². The van der Waals surface area contributed by atoms with Crippen LogP contribution >= 0.6 is 11.3 Å². The molecular formula is C13H23N3OS. The van der Waals surface area contributed by atoms with Crippen molar-refractivity contribution < 1.29 is 4.79 Å². The first kappa shape index (κ1) is 15.1. The number of thiazole rings is 1. The van der Waals surface area contributed by atoms with Gasteiger partial charge in [-0.15, -0.1) is 11.3 Å². The van der Waals surface area contributed by atoms with E-state index in [1.54, 1.807) is 0 Å². The maximum atomic E-state index is 12.4. The van der Waals surface area contributed by atoms with Crippen molar-refractivity contribution in [1.82, 2.24) is 9.88 Å². The first-order valence-electron chi connectivity index (χ1n) is 6.59. The van der Waals surface area contributed by atoms with E-state index in [0.29, 0.717) is 12.2 Å². The molecule has 4 nitrogen and oxygen atoms in total. The van der Waals surface area contributed by atoms with Crippen LogP contribution in [0.4, 0.5) is 0 Å². The van der Waals surface area contributed by atoms with Crippen LogP contribution in [-0.4, -0.2) is 28.4 Å². The molecule has 1 unspecified atom stereocenters. The number of amides is 1. The van der Waals surface area contributed by atoms with Gasteiger partial charge >= 0.3 is 0 Å². The smallest absolute Gasteiger partial charge is 0.273 e. The molecule has 1 rings (SSSR count). The van der Waals surface area contributed by atoms with Crippen LogP contribution in [0.2, 0.25) is 0 Å². The van der Waals surface area contributed by atoms with E-state index in [2.05, 4.69) is 25.8 Å². The van der Waals surface area contributed by atoms with Crippen LogP contribution < -0.4 is 5.73 Å². The summed E-state index contributed by atoms with van der Waals surface area (Å²) < 4.78 is 0. The van der Waals surface area contributed by atoms with Gasteiger partial charge in [-0.1, -0.05) is 20.3 Å². The number of carbonyl (C=O) groups excluding carboxylic acids is 1. The number of nitrogens with zero attached hydrogens (tertiary/aromatic N) is 2. The summed E-state index contributed by atoms with van der Waals surface area (Å²) in [6.45, 7) is 7.53. The molecule has 1 atom stereocenters. The molecule has 0 saturated heterocycles. The van der Waals surface area contributed by atoms with Crippen LogP contribution in [0.1, 0.15) is 55.5 Å². The van der Waals surface area contributed by atoms with Crippen LogP contribution in [0.3, 0.4) is 0 Å². The highest BCUT2D eigenvalue weighted by atomic mass is 32.1. The summed E-state index contributed by atoms with van der Waals surface area (Å²) in [5, 5.41) is 2.63. The molecule has 0 radical (unpaired) electrons. The van der Waals surface area contributed by atoms with Gasteiger partial charge < -0.3 is 10.6 Å². The zero-order valence-corrected chi connectivity index (χ0v) is 12.3. The Hall–Kier alpha value is -0.940. The van der Waals surface area contributed by atoms with E-state index in [4.69, 9.17) is 5.73 Å². The summed E-state index contributed by atoms with van der Waals surface area (Å²) in [6, 6.07) is 0.257. The number of hydrogen-bond donors (Lipinski definition) is 1. The molecule has 0 aliphatic rings. The number of rotatable bonds is 7. The van der Waals surface area contributed by atoms with Crippen molar-refractivity contribution in [2.45, 2.75) is 52.6 Å². The maximum absolute atomic E-state index is 12.4. The van der Waals surface area contributed by atoms with E-state index in [1.807, 2.05) is 10.3 Å². The van der Waals surface area contributed by atoms with Crippen molar-refractivity contribution in [3.8, 4) is 0 Å². The summed E-state index contributed by atoms with van der Waals surface area (Å²) in [5.74, 6) is 0.0359. The van der Waals surface area contributed by atoms with Gasteiger partial charge in [0.05, 0.1) is 0 Å². The number of aromatic nitrogens is 1. The second kappa shape index (κ2) is 7.48. The zero-order chi connectivity index (χ0) is 13.5. The molecule has 2 N–H and O–H groups in total. The Bertz CT molecular complexity index is 378. The normalized spacial score (nSPS) is 12.4. The third-order valence-electron chi connectivity index (χ3n) is 3.08.